The SMILES string of the molecule is O=C(Nc1ccn(CC(=O)N2CCOCC2)n1)NC1(c2ccccc2)CC1. The number of rotatable bonds is 5. The Morgan fingerprint density at radius 3 is 2.56 bits per heavy atom. The van der Waals surface area contributed by atoms with E-state index in [2.05, 4.69) is 15.7 Å². The van der Waals surface area contributed by atoms with E-state index < -0.39 is 0 Å². The van der Waals surface area contributed by atoms with E-state index >= 15 is 0 Å². The third kappa shape index (κ3) is 4.11. The molecule has 1 aromatic heterocycles. The first-order valence-corrected chi connectivity index (χ1v) is 9.18. The molecule has 0 atom stereocenters. The van der Waals surface area contributed by atoms with Gasteiger partial charge < -0.3 is 15.0 Å². The summed E-state index contributed by atoms with van der Waals surface area (Å²) in [5, 5.41) is 10.1. The van der Waals surface area contributed by atoms with E-state index in [1.165, 1.54) is 4.68 Å². The second-order valence-electron chi connectivity index (χ2n) is 6.92. The summed E-state index contributed by atoms with van der Waals surface area (Å²) in [6, 6.07) is 11.4. The predicted octanol–water partition coefficient (Wildman–Crippen LogP) is 1.55. The molecule has 0 unspecified atom stereocenters. The molecule has 1 aliphatic carbocycles. The number of benzene rings is 1. The van der Waals surface area contributed by atoms with Crippen LogP contribution in [0.25, 0.3) is 0 Å². The fourth-order valence-electron chi connectivity index (χ4n) is 3.30. The van der Waals surface area contributed by atoms with Crippen molar-refractivity contribution in [3.63, 3.8) is 0 Å². The quantitative estimate of drug-likeness (QED) is 0.837. The standard InChI is InChI=1S/C19H23N5O3/c25-17(23-10-12-27-13-11-23)14-24-9-6-16(22-24)20-18(26)21-19(7-8-19)15-4-2-1-3-5-15/h1-6,9H,7-8,10-14H2,(H2,20,21,22,26). The van der Waals surface area contributed by atoms with Gasteiger partial charge in [0.25, 0.3) is 0 Å². The van der Waals surface area contributed by atoms with Crippen molar-refractivity contribution in [2.75, 3.05) is 31.6 Å². The third-order valence-electron chi connectivity index (χ3n) is 4.97. The molecule has 3 amide bonds. The lowest BCUT2D eigenvalue weighted by Crippen LogP contribution is -2.42. The third-order valence-corrected chi connectivity index (χ3v) is 4.97. The minimum atomic E-state index is -0.291. The highest BCUT2D eigenvalue weighted by molar-refractivity contribution is 5.89. The summed E-state index contributed by atoms with van der Waals surface area (Å²) in [5.74, 6) is 0.421. The van der Waals surface area contributed by atoms with Crippen LogP contribution in [0, 0.1) is 0 Å². The largest absolute Gasteiger partial charge is 0.378 e. The molecule has 142 valence electrons. The lowest BCUT2D eigenvalue weighted by atomic mass is 10.1. The number of nitrogens with one attached hydrogen (secondary N) is 2. The molecule has 1 aromatic carbocycles. The monoisotopic (exact) mass is 369 g/mol. The number of amides is 3. The zero-order valence-corrected chi connectivity index (χ0v) is 15.1. The number of anilines is 1. The van der Waals surface area contributed by atoms with Gasteiger partial charge >= 0.3 is 6.03 Å². The van der Waals surface area contributed by atoms with Gasteiger partial charge in [-0.3, -0.25) is 14.8 Å². The average molecular weight is 369 g/mol. The highest BCUT2D eigenvalue weighted by Crippen LogP contribution is 2.45. The number of morpholine rings is 1. The van der Waals surface area contributed by atoms with Gasteiger partial charge in [0.05, 0.1) is 18.8 Å². The number of carbonyl (C=O) groups is 2. The second-order valence-corrected chi connectivity index (χ2v) is 6.92. The molecular formula is C19H23N5O3. The average Bonchev–Trinajstić information content (AvgIpc) is 3.35. The van der Waals surface area contributed by atoms with Crippen molar-refractivity contribution < 1.29 is 14.3 Å². The Labute approximate surface area is 157 Å². The Morgan fingerprint density at radius 2 is 1.85 bits per heavy atom. The first kappa shape index (κ1) is 17.5. The molecular weight excluding hydrogens is 346 g/mol. The molecule has 1 saturated heterocycles. The minimum Gasteiger partial charge on any atom is -0.378 e. The molecule has 2 aliphatic rings. The first-order valence-electron chi connectivity index (χ1n) is 9.18. The van der Waals surface area contributed by atoms with Gasteiger partial charge in [-0.25, -0.2) is 4.79 Å². The van der Waals surface area contributed by atoms with Gasteiger partial charge in [-0.05, 0) is 18.4 Å². The van der Waals surface area contributed by atoms with Gasteiger partial charge in [0, 0.05) is 25.4 Å². The molecule has 27 heavy (non-hydrogen) atoms. The summed E-state index contributed by atoms with van der Waals surface area (Å²) in [4.78, 5) is 26.4. The number of nitrogens with zero attached hydrogens (tertiary/aromatic N) is 3. The number of aromatic nitrogens is 2. The van der Waals surface area contributed by atoms with Crippen LogP contribution in [-0.4, -0.2) is 52.9 Å². The summed E-state index contributed by atoms with van der Waals surface area (Å²) in [7, 11) is 0. The summed E-state index contributed by atoms with van der Waals surface area (Å²) in [6.07, 6.45) is 3.54. The Hall–Kier alpha value is -2.87. The number of carbonyl (C=O) groups excluding carboxylic acids is 2. The smallest absolute Gasteiger partial charge is 0.321 e. The number of hydrogen-bond acceptors (Lipinski definition) is 4. The van der Waals surface area contributed by atoms with Gasteiger partial charge in [-0.2, -0.15) is 5.10 Å². The van der Waals surface area contributed by atoms with Gasteiger partial charge in [0.2, 0.25) is 5.91 Å². The predicted molar refractivity (Wildman–Crippen MR) is 99.1 cm³/mol. The number of hydrogen-bond donors (Lipinski definition) is 2. The van der Waals surface area contributed by atoms with Gasteiger partial charge in [-0.15, -0.1) is 0 Å². The summed E-state index contributed by atoms with van der Waals surface area (Å²) in [6.45, 7) is 2.50. The molecule has 0 spiro atoms. The minimum absolute atomic E-state index is 0.00147. The van der Waals surface area contributed by atoms with E-state index in [-0.39, 0.29) is 24.0 Å². The fraction of sp³-hybridized carbons (Fsp3) is 0.421. The molecule has 1 saturated carbocycles. The molecule has 2 heterocycles. The molecule has 8 nitrogen and oxygen atoms in total. The van der Waals surface area contributed by atoms with Crippen LogP contribution in [-0.2, 0) is 21.6 Å². The van der Waals surface area contributed by atoms with Crippen LogP contribution < -0.4 is 10.6 Å². The maximum absolute atomic E-state index is 12.4. The van der Waals surface area contributed by atoms with Crippen molar-refractivity contribution >= 4 is 17.8 Å². The number of ether oxygens (including phenoxy) is 1. The topological polar surface area (TPSA) is 88.5 Å². The molecule has 0 bridgehead atoms. The van der Waals surface area contributed by atoms with Crippen LogP contribution >= 0.6 is 0 Å². The molecule has 8 heteroatoms. The van der Waals surface area contributed by atoms with Crippen molar-refractivity contribution in [2.45, 2.75) is 24.9 Å². The normalized spacial score (nSPS) is 18.0. The van der Waals surface area contributed by atoms with Crippen molar-refractivity contribution in [3.8, 4) is 0 Å². The zero-order chi connectivity index (χ0) is 18.7. The Bertz CT molecular complexity index is 810. The molecule has 2 aromatic rings. The van der Waals surface area contributed by atoms with Crippen molar-refractivity contribution in [1.82, 2.24) is 20.0 Å². The van der Waals surface area contributed by atoms with Crippen LogP contribution in [0.1, 0.15) is 18.4 Å². The summed E-state index contributed by atoms with van der Waals surface area (Å²) < 4.78 is 6.79. The Kier molecular flexibility index (Phi) is 4.81. The van der Waals surface area contributed by atoms with Gasteiger partial charge in [0.1, 0.15) is 6.54 Å². The van der Waals surface area contributed by atoms with Crippen LogP contribution in [0.15, 0.2) is 42.6 Å². The first-order chi connectivity index (χ1) is 13.1. The molecule has 2 fully saturated rings. The van der Waals surface area contributed by atoms with E-state index in [4.69, 9.17) is 4.74 Å². The highest BCUT2D eigenvalue weighted by atomic mass is 16.5. The lowest BCUT2D eigenvalue weighted by Gasteiger charge is -2.26. The Balaban J connectivity index is 1.31. The van der Waals surface area contributed by atoms with E-state index in [1.807, 2.05) is 30.3 Å². The van der Waals surface area contributed by atoms with E-state index in [1.54, 1.807) is 17.2 Å². The summed E-state index contributed by atoms with van der Waals surface area (Å²) >= 11 is 0. The maximum Gasteiger partial charge on any atom is 0.321 e. The van der Waals surface area contributed by atoms with E-state index in [0.29, 0.717) is 32.1 Å². The maximum atomic E-state index is 12.4. The highest BCUT2D eigenvalue weighted by Gasteiger charge is 2.45. The second kappa shape index (κ2) is 7.40. The Morgan fingerprint density at radius 1 is 1.11 bits per heavy atom. The van der Waals surface area contributed by atoms with Gasteiger partial charge in [0.15, 0.2) is 5.82 Å². The fourth-order valence-corrected chi connectivity index (χ4v) is 3.30. The summed E-state index contributed by atoms with van der Waals surface area (Å²) in [5.41, 5.74) is 0.835. The van der Waals surface area contributed by atoms with Crippen LogP contribution in [0.5, 0.6) is 0 Å². The van der Waals surface area contributed by atoms with Crippen molar-refractivity contribution in [3.05, 3.63) is 48.2 Å². The van der Waals surface area contributed by atoms with E-state index in [0.717, 1.165) is 18.4 Å². The molecule has 1 aliphatic heterocycles. The lowest BCUT2D eigenvalue weighted by molar-refractivity contribution is -0.136. The van der Waals surface area contributed by atoms with Gasteiger partial charge in [-0.1, -0.05) is 30.3 Å². The molecule has 4 rings (SSSR count). The number of urea groups is 1. The van der Waals surface area contributed by atoms with Crippen molar-refractivity contribution in [2.24, 2.45) is 0 Å². The molecule has 2 N–H and O–H groups in total. The van der Waals surface area contributed by atoms with E-state index in [9.17, 15) is 9.59 Å². The van der Waals surface area contributed by atoms with Crippen LogP contribution in [0.3, 0.4) is 0 Å². The zero-order valence-electron chi connectivity index (χ0n) is 15.1. The van der Waals surface area contributed by atoms with Crippen molar-refractivity contribution in [1.29, 1.82) is 0 Å². The molecule has 0 radical (unpaired) electrons. The van der Waals surface area contributed by atoms with Crippen LogP contribution in [0.4, 0.5) is 10.6 Å². The van der Waals surface area contributed by atoms with Crippen LogP contribution in [0.2, 0.25) is 0 Å².